The lowest BCUT2D eigenvalue weighted by molar-refractivity contribution is 0.487. The number of fused-ring (bicyclic) bond motifs is 4. The van der Waals surface area contributed by atoms with E-state index in [1.807, 2.05) is 0 Å². The number of benzene rings is 8. The molecule has 2 aliphatic rings. The zero-order chi connectivity index (χ0) is 36.2. The zero-order valence-electron chi connectivity index (χ0n) is 30.3. The van der Waals surface area contributed by atoms with Gasteiger partial charge in [0.25, 0.3) is 13.4 Å². The Morgan fingerprint density at radius 2 is 0.870 bits per heavy atom. The third-order valence-corrected chi connectivity index (χ3v) is 11.1. The SMILES string of the molecule is Cc1cccc(B2c3ccccc3Oc3cc(-c4cccc(-c5cccc(-c6ccccc6)c5B5c6ccccc6Oc6cc(C)ccc65)c4)ccc32)c1. The Bertz CT molecular complexity index is 2720. The maximum absolute atomic E-state index is 6.66. The van der Waals surface area contributed by atoms with Crippen molar-refractivity contribution < 1.29 is 9.47 Å². The topological polar surface area (TPSA) is 18.5 Å². The van der Waals surface area contributed by atoms with Crippen LogP contribution < -0.4 is 42.3 Å². The summed E-state index contributed by atoms with van der Waals surface area (Å²) in [6, 6.07) is 65.7. The maximum Gasteiger partial charge on any atom is 0.252 e. The molecule has 0 saturated heterocycles. The van der Waals surface area contributed by atoms with Crippen molar-refractivity contribution in [1.29, 1.82) is 0 Å². The first kappa shape index (κ1) is 32.2. The lowest BCUT2D eigenvalue weighted by atomic mass is 9.34. The molecule has 2 aliphatic heterocycles. The summed E-state index contributed by atoms with van der Waals surface area (Å²) in [5.74, 6) is 3.64. The van der Waals surface area contributed by atoms with Crippen LogP contribution in [0.3, 0.4) is 0 Å². The summed E-state index contributed by atoms with van der Waals surface area (Å²) in [6.45, 7) is 4.35. The van der Waals surface area contributed by atoms with E-state index in [4.69, 9.17) is 9.47 Å². The molecule has 0 aromatic heterocycles. The molecule has 8 aromatic rings. The van der Waals surface area contributed by atoms with Gasteiger partial charge in [-0.05, 0) is 105 Å². The van der Waals surface area contributed by atoms with Gasteiger partial charge in [-0.15, -0.1) is 0 Å². The predicted octanol–water partition coefficient (Wildman–Crippen LogP) is 8.55. The van der Waals surface area contributed by atoms with E-state index in [-0.39, 0.29) is 13.4 Å². The Morgan fingerprint density at radius 3 is 1.65 bits per heavy atom. The average molecular weight is 690 g/mol. The Kier molecular flexibility index (Phi) is 7.84. The third kappa shape index (κ3) is 5.54. The second-order valence-corrected chi connectivity index (χ2v) is 14.6. The minimum Gasteiger partial charge on any atom is -0.458 e. The first-order valence-electron chi connectivity index (χ1n) is 18.7. The number of para-hydroxylation sites is 2. The van der Waals surface area contributed by atoms with Crippen LogP contribution in [0.2, 0.25) is 0 Å². The summed E-state index contributed by atoms with van der Waals surface area (Å²) in [4.78, 5) is 0. The van der Waals surface area contributed by atoms with E-state index in [1.54, 1.807) is 0 Å². The van der Waals surface area contributed by atoms with E-state index in [9.17, 15) is 0 Å². The molecule has 0 fully saturated rings. The van der Waals surface area contributed by atoms with Crippen molar-refractivity contribution in [2.45, 2.75) is 13.8 Å². The summed E-state index contributed by atoms with van der Waals surface area (Å²) >= 11 is 0. The van der Waals surface area contributed by atoms with Crippen LogP contribution in [-0.2, 0) is 0 Å². The summed E-state index contributed by atoms with van der Waals surface area (Å²) in [6.07, 6.45) is 0. The highest BCUT2D eigenvalue weighted by molar-refractivity contribution is 6.98. The smallest absolute Gasteiger partial charge is 0.252 e. The Morgan fingerprint density at radius 1 is 0.333 bits per heavy atom. The molecular formula is C50H36B2O2. The van der Waals surface area contributed by atoms with E-state index in [0.717, 1.165) is 34.1 Å². The minimum absolute atomic E-state index is 0.0311. The van der Waals surface area contributed by atoms with E-state index >= 15 is 0 Å². The molecule has 0 unspecified atom stereocenters. The van der Waals surface area contributed by atoms with Crippen molar-refractivity contribution in [1.82, 2.24) is 0 Å². The molecule has 54 heavy (non-hydrogen) atoms. The van der Waals surface area contributed by atoms with Crippen molar-refractivity contribution in [2.75, 3.05) is 0 Å². The first-order chi connectivity index (χ1) is 26.6. The van der Waals surface area contributed by atoms with Crippen molar-refractivity contribution in [3.63, 3.8) is 0 Å². The van der Waals surface area contributed by atoms with Crippen molar-refractivity contribution in [3.8, 4) is 56.4 Å². The summed E-state index contributed by atoms with van der Waals surface area (Å²) in [5.41, 5.74) is 16.8. The van der Waals surface area contributed by atoms with Crippen molar-refractivity contribution >= 4 is 46.2 Å². The van der Waals surface area contributed by atoms with Gasteiger partial charge in [0.05, 0.1) is 0 Å². The van der Waals surface area contributed by atoms with Crippen LogP contribution >= 0.6 is 0 Å². The van der Waals surface area contributed by atoms with Crippen molar-refractivity contribution in [2.24, 2.45) is 0 Å². The highest BCUT2D eigenvalue weighted by Crippen LogP contribution is 2.34. The van der Waals surface area contributed by atoms with Gasteiger partial charge < -0.3 is 9.47 Å². The second-order valence-electron chi connectivity index (χ2n) is 14.6. The lowest BCUT2D eigenvalue weighted by Gasteiger charge is -2.30. The molecule has 0 N–H and O–H groups in total. The molecule has 10 rings (SSSR count). The largest absolute Gasteiger partial charge is 0.458 e. The number of hydrogen-bond acceptors (Lipinski definition) is 2. The molecule has 0 spiro atoms. The van der Waals surface area contributed by atoms with Crippen LogP contribution in [0.4, 0.5) is 0 Å². The van der Waals surface area contributed by atoms with E-state index < -0.39 is 0 Å². The van der Waals surface area contributed by atoms with Crippen LogP contribution in [0.25, 0.3) is 33.4 Å². The summed E-state index contributed by atoms with van der Waals surface area (Å²) < 4.78 is 13.2. The third-order valence-electron chi connectivity index (χ3n) is 11.1. The molecule has 0 saturated carbocycles. The van der Waals surface area contributed by atoms with Gasteiger partial charge in [-0.3, -0.25) is 0 Å². The van der Waals surface area contributed by atoms with Crippen molar-refractivity contribution in [3.05, 3.63) is 193 Å². The monoisotopic (exact) mass is 690 g/mol. The van der Waals surface area contributed by atoms with Crippen LogP contribution in [0.15, 0.2) is 182 Å². The fourth-order valence-electron chi connectivity index (χ4n) is 8.59. The minimum atomic E-state index is -0.0311. The predicted molar refractivity (Wildman–Crippen MR) is 227 cm³/mol. The molecule has 0 radical (unpaired) electrons. The average Bonchev–Trinajstić information content (AvgIpc) is 3.21. The van der Waals surface area contributed by atoms with Crippen LogP contribution in [-0.4, -0.2) is 13.4 Å². The first-order valence-corrected chi connectivity index (χ1v) is 18.7. The lowest BCUT2D eigenvalue weighted by Crippen LogP contribution is -2.56. The molecule has 2 nitrogen and oxygen atoms in total. The molecule has 0 atom stereocenters. The van der Waals surface area contributed by atoms with Gasteiger partial charge >= 0.3 is 0 Å². The highest BCUT2D eigenvalue weighted by atomic mass is 16.5. The molecule has 254 valence electrons. The summed E-state index contributed by atoms with van der Waals surface area (Å²) in [7, 11) is 0. The molecule has 2 heterocycles. The molecule has 0 bridgehead atoms. The molecular weight excluding hydrogens is 654 g/mol. The molecule has 0 aliphatic carbocycles. The summed E-state index contributed by atoms with van der Waals surface area (Å²) in [5, 5.41) is 0. The molecule has 0 amide bonds. The standard InChI is InChI=1S/C50H36B2O2/c1-33-13-10-18-39(29-33)51-42-21-6-8-23-46(42)54-49-32-37(26-28-44(49)51)36-16-11-17-38(31-36)41-20-12-19-40(35-14-4-3-5-15-35)50(41)52-43-22-7-9-24-47(43)53-48-30-34(2)25-27-45(48)52/h3-32H,1-2H3. The second kappa shape index (κ2) is 13.2. The van der Waals surface area contributed by atoms with Gasteiger partial charge in [0.2, 0.25) is 0 Å². The molecule has 8 aromatic carbocycles. The zero-order valence-corrected chi connectivity index (χ0v) is 30.3. The number of hydrogen-bond donors (Lipinski definition) is 0. The maximum atomic E-state index is 6.66. The normalized spacial score (nSPS) is 12.5. The highest BCUT2D eigenvalue weighted by Gasteiger charge is 2.36. The van der Waals surface area contributed by atoms with Gasteiger partial charge in [0, 0.05) is 0 Å². The van der Waals surface area contributed by atoms with E-state index in [1.165, 1.54) is 66.2 Å². The quantitative estimate of drug-likeness (QED) is 0.169. The van der Waals surface area contributed by atoms with Gasteiger partial charge in [-0.25, -0.2) is 0 Å². The Hall–Kier alpha value is -6.51. The van der Waals surface area contributed by atoms with Crippen LogP contribution in [0.5, 0.6) is 23.0 Å². The Labute approximate surface area is 317 Å². The fraction of sp³-hybridized carbons (Fsp3) is 0.0400. The van der Waals surface area contributed by atoms with Gasteiger partial charge in [-0.1, -0.05) is 168 Å². The number of ether oxygens (including phenoxy) is 2. The van der Waals surface area contributed by atoms with Crippen LogP contribution in [0, 0.1) is 13.8 Å². The molecule has 4 heteroatoms. The van der Waals surface area contributed by atoms with E-state index in [0.29, 0.717) is 0 Å². The van der Waals surface area contributed by atoms with Gasteiger partial charge in [0.1, 0.15) is 23.0 Å². The van der Waals surface area contributed by atoms with Crippen LogP contribution in [0.1, 0.15) is 11.1 Å². The number of aryl methyl sites for hydroxylation is 2. The van der Waals surface area contributed by atoms with Gasteiger partial charge in [-0.2, -0.15) is 0 Å². The fourth-order valence-corrected chi connectivity index (χ4v) is 8.59. The van der Waals surface area contributed by atoms with Gasteiger partial charge in [0.15, 0.2) is 0 Å². The number of rotatable bonds is 5. The van der Waals surface area contributed by atoms with E-state index in [2.05, 4.69) is 196 Å². The Balaban J connectivity index is 1.13.